The van der Waals surface area contributed by atoms with E-state index in [0.29, 0.717) is 6.61 Å². The molecule has 0 radical (unpaired) electrons. The fourth-order valence-corrected chi connectivity index (χ4v) is 4.18. The van der Waals surface area contributed by atoms with Crippen LogP contribution in [0, 0.1) is 0 Å². The lowest BCUT2D eigenvalue weighted by atomic mass is 10.0. The van der Waals surface area contributed by atoms with E-state index in [1.54, 1.807) is 0 Å². The summed E-state index contributed by atoms with van der Waals surface area (Å²) in [5.41, 5.74) is 4.87. The molecule has 0 saturated heterocycles. The Morgan fingerprint density at radius 2 is 1.32 bits per heavy atom. The molecule has 3 rings (SSSR count). The van der Waals surface area contributed by atoms with E-state index in [4.69, 9.17) is 4.74 Å². The maximum absolute atomic E-state index is 5.97. The fraction of sp³-hybridized carbons (Fsp3) is 0.484. The number of rotatable bonds is 16. The van der Waals surface area contributed by atoms with E-state index in [1.807, 2.05) is 30.6 Å². The highest BCUT2D eigenvalue weighted by Gasteiger charge is 2.06. The van der Waals surface area contributed by atoms with Crippen LogP contribution in [0.2, 0.25) is 0 Å². The Kier molecular flexibility index (Phi) is 11.8. The number of unbranched alkanes of at least 4 members (excludes halogenated alkanes) is 7. The molecule has 1 heterocycles. The molecule has 1 aromatic heterocycles. The summed E-state index contributed by atoms with van der Waals surface area (Å²) < 4.78 is 5.97. The summed E-state index contributed by atoms with van der Waals surface area (Å²) in [6.45, 7) is 5.07. The average molecular weight is 459 g/mol. The molecule has 0 aliphatic carbocycles. The van der Waals surface area contributed by atoms with Crippen LogP contribution in [0.15, 0.2) is 67.0 Å². The summed E-state index contributed by atoms with van der Waals surface area (Å²) in [5, 5.41) is 0. The molecule has 0 amide bonds. The second kappa shape index (κ2) is 15.4. The van der Waals surface area contributed by atoms with Crippen LogP contribution in [0.5, 0.6) is 0 Å². The van der Waals surface area contributed by atoms with Crippen LogP contribution in [0.4, 0.5) is 0 Å². The van der Waals surface area contributed by atoms with E-state index in [9.17, 15) is 0 Å². The smallest absolute Gasteiger partial charge is 0.159 e. The van der Waals surface area contributed by atoms with Crippen LogP contribution in [-0.2, 0) is 24.2 Å². The molecule has 0 saturated carbocycles. The molecule has 3 heteroatoms. The van der Waals surface area contributed by atoms with Gasteiger partial charge in [0.2, 0.25) is 0 Å². The molecule has 0 bridgehead atoms. The second-order valence-electron chi connectivity index (χ2n) is 9.48. The molecule has 3 aromatic rings. The summed E-state index contributed by atoms with van der Waals surface area (Å²) in [4.78, 5) is 9.23. The monoisotopic (exact) mass is 458 g/mol. The molecule has 0 aliphatic rings. The molecule has 182 valence electrons. The molecule has 3 nitrogen and oxygen atoms in total. The number of hydrogen-bond donors (Lipinski definition) is 0. The fourth-order valence-electron chi connectivity index (χ4n) is 4.18. The number of benzene rings is 2. The van der Waals surface area contributed by atoms with Gasteiger partial charge in [-0.3, -0.25) is 0 Å². The number of aromatic nitrogens is 2. The highest BCUT2D eigenvalue weighted by molar-refractivity contribution is 5.55. The lowest BCUT2D eigenvalue weighted by Crippen LogP contribution is -2.09. The molecule has 1 unspecified atom stereocenters. The Labute approximate surface area is 207 Å². The van der Waals surface area contributed by atoms with Crippen LogP contribution in [0.1, 0.15) is 88.3 Å². The van der Waals surface area contributed by atoms with Crippen molar-refractivity contribution in [2.45, 2.75) is 97.2 Å². The minimum Gasteiger partial charge on any atom is -0.374 e. The lowest BCUT2D eigenvalue weighted by molar-refractivity contribution is 0.0478. The first-order valence-corrected chi connectivity index (χ1v) is 13.3. The van der Waals surface area contributed by atoms with Crippen molar-refractivity contribution in [1.29, 1.82) is 0 Å². The molecule has 0 aliphatic heterocycles. The first-order valence-electron chi connectivity index (χ1n) is 13.3. The van der Waals surface area contributed by atoms with Gasteiger partial charge in [0.25, 0.3) is 0 Å². The molecular weight excluding hydrogens is 416 g/mol. The normalized spacial score (nSPS) is 12.1. The Balaban J connectivity index is 1.35. The Morgan fingerprint density at radius 1 is 0.676 bits per heavy atom. The van der Waals surface area contributed by atoms with Crippen LogP contribution in [0.3, 0.4) is 0 Å². The van der Waals surface area contributed by atoms with Gasteiger partial charge in [0.1, 0.15) is 0 Å². The van der Waals surface area contributed by atoms with Crippen molar-refractivity contribution in [3.63, 3.8) is 0 Å². The van der Waals surface area contributed by atoms with E-state index in [2.05, 4.69) is 60.2 Å². The molecule has 0 spiro atoms. The number of hydrogen-bond acceptors (Lipinski definition) is 3. The molecule has 0 fully saturated rings. The molecule has 0 N–H and O–H groups in total. The second-order valence-corrected chi connectivity index (χ2v) is 9.48. The van der Waals surface area contributed by atoms with Crippen molar-refractivity contribution in [1.82, 2.24) is 9.97 Å². The third kappa shape index (κ3) is 9.77. The quantitative estimate of drug-likeness (QED) is 0.202. The number of aryl methyl sites for hydroxylation is 2. The highest BCUT2D eigenvalue weighted by Crippen LogP contribution is 2.18. The SMILES string of the molecule is CCCCCCCCCCc1ccc(-c2ncc(CCC(C)OCc3ccccc3)cn2)cc1. The molecule has 1 atom stereocenters. The Morgan fingerprint density at radius 3 is 2.00 bits per heavy atom. The maximum Gasteiger partial charge on any atom is 0.159 e. The van der Waals surface area contributed by atoms with E-state index in [0.717, 1.165) is 29.8 Å². The van der Waals surface area contributed by atoms with Gasteiger partial charge < -0.3 is 4.74 Å². The zero-order chi connectivity index (χ0) is 23.8. The van der Waals surface area contributed by atoms with Crippen molar-refractivity contribution >= 4 is 0 Å². The number of nitrogens with zero attached hydrogens (tertiary/aromatic N) is 2. The van der Waals surface area contributed by atoms with E-state index in [1.165, 1.54) is 68.9 Å². The predicted octanol–water partition coefficient (Wildman–Crippen LogP) is 8.36. The first kappa shape index (κ1) is 26.1. The summed E-state index contributed by atoms with van der Waals surface area (Å²) >= 11 is 0. The number of ether oxygens (including phenoxy) is 1. The summed E-state index contributed by atoms with van der Waals surface area (Å²) in [6.07, 6.45) is 18.1. The van der Waals surface area contributed by atoms with Crippen molar-refractivity contribution < 1.29 is 4.74 Å². The van der Waals surface area contributed by atoms with Gasteiger partial charge >= 0.3 is 0 Å². The molecule has 2 aromatic carbocycles. The zero-order valence-electron chi connectivity index (χ0n) is 21.2. The van der Waals surface area contributed by atoms with Gasteiger partial charge in [0.05, 0.1) is 12.7 Å². The minimum atomic E-state index is 0.202. The van der Waals surface area contributed by atoms with Crippen LogP contribution in [-0.4, -0.2) is 16.1 Å². The van der Waals surface area contributed by atoms with Gasteiger partial charge in [0, 0.05) is 18.0 Å². The van der Waals surface area contributed by atoms with Gasteiger partial charge in [-0.1, -0.05) is 106 Å². The van der Waals surface area contributed by atoms with Crippen molar-refractivity contribution in [3.8, 4) is 11.4 Å². The summed E-state index contributed by atoms with van der Waals surface area (Å²) in [6, 6.07) is 19.1. The average Bonchev–Trinajstić information content (AvgIpc) is 2.89. The third-order valence-corrected chi connectivity index (χ3v) is 6.45. The van der Waals surface area contributed by atoms with Gasteiger partial charge in [-0.2, -0.15) is 0 Å². The van der Waals surface area contributed by atoms with E-state index < -0.39 is 0 Å². The van der Waals surface area contributed by atoms with Crippen molar-refractivity contribution in [3.05, 3.63) is 83.7 Å². The Bertz CT molecular complexity index is 906. The van der Waals surface area contributed by atoms with Gasteiger partial charge in [-0.15, -0.1) is 0 Å². The largest absolute Gasteiger partial charge is 0.374 e. The first-order chi connectivity index (χ1) is 16.7. The van der Waals surface area contributed by atoms with Gasteiger partial charge in [-0.25, -0.2) is 9.97 Å². The standard InChI is InChI=1S/C31H42N2O/c1-3-4-5-6-7-8-9-11-14-27-19-21-30(22-20-27)31-32-23-29(24-33-31)18-17-26(2)34-25-28-15-12-10-13-16-28/h10,12-13,15-16,19-24,26H,3-9,11,14,17-18,25H2,1-2H3. The van der Waals surface area contributed by atoms with Crippen LogP contribution >= 0.6 is 0 Å². The predicted molar refractivity (Wildman–Crippen MR) is 143 cm³/mol. The zero-order valence-corrected chi connectivity index (χ0v) is 21.2. The minimum absolute atomic E-state index is 0.202. The molecule has 34 heavy (non-hydrogen) atoms. The summed E-state index contributed by atoms with van der Waals surface area (Å²) in [5.74, 6) is 0.802. The lowest BCUT2D eigenvalue weighted by Gasteiger charge is -2.13. The van der Waals surface area contributed by atoms with Crippen molar-refractivity contribution in [2.75, 3.05) is 0 Å². The summed E-state index contributed by atoms with van der Waals surface area (Å²) in [7, 11) is 0. The third-order valence-electron chi connectivity index (χ3n) is 6.45. The van der Waals surface area contributed by atoms with E-state index >= 15 is 0 Å². The van der Waals surface area contributed by atoms with Gasteiger partial charge in [-0.05, 0) is 49.3 Å². The topological polar surface area (TPSA) is 35.0 Å². The highest BCUT2D eigenvalue weighted by atomic mass is 16.5. The Hall–Kier alpha value is -2.52. The van der Waals surface area contributed by atoms with Crippen LogP contribution < -0.4 is 0 Å². The molecular formula is C31H42N2O. The van der Waals surface area contributed by atoms with Crippen LogP contribution in [0.25, 0.3) is 11.4 Å². The van der Waals surface area contributed by atoms with Gasteiger partial charge in [0.15, 0.2) is 5.82 Å². The van der Waals surface area contributed by atoms with E-state index in [-0.39, 0.29) is 6.10 Å². The van der Waals surface area contributed by atoms with Crippen molar-refractivity contribution in [2.24, 2.45) is 0 Å². The maximum atomic E-state index is 5.97.